The smallest absolute Gasteiger partial charge is 0.273 e. The highest BCUT2D eigenvalue weighted by Crippen LogP contribution is 2.24. The molecule has 1 aromatic heterocycles. The zero-order valence-electron chi connectivity index (χ0n) is 10.3. The Morgan fingerprint density at radius 2 is 2.05 bits per heavy atom. The number of nitro groups is 1. The fourth-order valence-corrected chi connectivity index (χ4v) is 1.58. The Hall–Kier alpha value is -2.64. The number of non-ortho nitro benzene ring substituents is 1. The number of nitro benzene ring substituents is 1. The van der Waals surface area contributed by atoms with E-state index in [1.54, 1.807) is 6.07 Å². The van der Waals surface area contributed by atoms with Crippen molar-refractivity contribution in [1.82, 2.24) is 10.1 Å². The second kappa shape index (κ2) is 5.80. The maximum absolute atomic E-state index is 10.9. The molecule has 8 nitrogen and oxygen atoms in total. The van der Waals surface area contributed by atoms with E-state index in [0.29, 0.717) is 30.3 Å². The van der Waals surface area contributed by atoms with Gasteiger partial charge in [-0.3, -0.25) is 10.1 Å². The van der Waals surface area contributed by atoms with Gasteiger partial charge in [-0.2, -0.15) is 4.98 Å². The lowest BCUT2D eigenvalue weighted by Crippen LogP contribution is -2.04. The van der Waals surface area contributed by atoms with Crippen LogP contribution in [0.3, 0.4) is 0 Å². The number of hydrogen-bond donors (Lipinski definition) is 2. The van der Waals surface area contributed by atoms with E-state index in [-0.39, 0.29) is 5.69 Å². The van der Waals surface area contributed by atoms with Crippen LogP contribution < -0.4 is 10.6 Å². The molecular weight excluding hydrogens is 250 g/mol. The van der Waals surface area contributed by atoms with Crippen molar-refractivity contribution in [2.45, 2.75) is 13.5 Å². The maximum atomic E-state index is 10.9. The minimum absolute atomic E-state index is 0.0223. The van der Waals surface area contributed by atoms with Gasteiger partial charge in [0.25, 0.3) is 5.69 Å². The topological polar surface area (TPSA) is 106 Å². The number of benzene rings is 1. The number of hydrogen-bond acceptors (Lipinski definition) is 7. The predicted octanol–water partition coefficient (Wildman–Crippen LogP) is 2.02. The second-order valence-corrected chi connectivity index (χ2v) is 3.76. The number of nitrogens with zero attached hydrogens (tertiary/aromatic N) is 3. The summed E-state index contributed by atoms with van der Waals surface area (Å²) < 4.78 is 4.61. The van der Waals surface area contributed by atoms with Gasteiger partial charge < -0.3 is 15.2 Å². The molecule has 0 radical (unpaired) electrons. The molecule has 1 heterocycles. The molecule has 2 rings (SSSR count). The van der Waals surface area contributed by atoms with E-state index in [1.165, 1.54) is 18.5 Å². The van der Waals surface area contributed by atoms with Crippen LogP contribution in [0.1, 0.15) is 12.7 Å². The SMILES string of the molecule is CCNc1cc(NCc2ncon2)cc([N+](=O)[O-])c1. The standard InChI is InChI=1S/C11H13N5O3/c1-2-12-8-3-9(5-10(4-8)16(17)18)13-6-11-14-7-19-15-11/h3-5,7,12-13H,2,6H2,1H3. The number of aromatic nitrogens is 2. The van der Waals surface area contributed by atoms with Crippen LogP contribution in [0.15, 0.2) is 29.1 Å². The Morgan fingerprint density at radius 1 is 1.32 bits per heavy atom. The summed E-state index contributed by atoms with van der Waals surface area (Å²) in [6, 6.07) is 4.74. The van der Waals surface area contributed by atoms with Gasteiger partial charge in [0.05, 0.1) is 11.5 Å². The zero-order valence-corrected chi connectivity index (χ0v) is 10.3. The van der Waals surface area contributed by atoms with Gasteiger partial charge in [0.2, 0.25) is 6.39 Å². The van der Waals surface area contributed by atoms with Crippen LogP contribution in [0.2, 0.25) is 0 Å². The van der Waals surface area contributed by atoms with Gasteiger partial charge in [0.15, 0.2) is 5.82 Å². The molecule has 100 valence electrons. The molecule has 8 heteroatoms. The monoisotopic (exact) mass is 263 g/mol. The molecule has 0 aliphatic carbocycles. The van der Waals surface area contributed by atoms with Crippen LogP contribution >= 0.6 is 0 Å². The maximum Gasteiger partial charge on any atom is 0.273 e. The van der Waals surface area contributed by atoms with Gasteiger partial charge in [0, 0.05) is 30.1 Å². The summed E-state index contributed by atoms with van der Waals surface area (Å²) in [5.41, 5.74) is 1.33. The molecule has 0 aliphatic rings. The molecule has 0 fully saturated rings. The lowest BCUT2D eigenvalue weighted by Gasteiger charge is -2.08. The highest BCUT2D eigenvalue weighted by atomic mass is 16.6. The second-order valence-electron chi connectivity index (χ2n) is 3.76. The summed E-state index contributed by atoms with van der Waals surface area (Å²) >= 11 is 0. The van der Waals surface area contributed by atoms with Crippen molar-refractivity contribution in [3.63, 3.8) is 0 Å². The van der Waals surface area contributed by atoms with Crippen molar-refractivity contribution in [3.8, 4) is 0 Å². The molecule has 1 aromatic carbocycles. The molecule has 2 aromatic rings. The van der Waals surface area contributed by atoms with Gasteiger partial charge in [-0.15, -0.1) is 0 Å². The predicted molar refractivity (Wildman–Crippen MR) is 68.9 cm³/mol. The molecule has 0 atom stereocenters. The summed E-state index contributed by atoms with van der Waals surface area (Å²) in [5.74, 6) is 0.483. The van der Waals surface area contributed by atoms with Gasteiger partial charge in [-0.05, 0) is 13.0 Å². The number of nitrogens with one attached hydrogen (secondary N) is 2. The summed E-state index contributed by atoms with van der Waals surface area (Å²) in [6.45, 7) is 2.94. The zero-order chi connectivity index (χ0) is 13.7. The first-order valence-corrected chi connectivity index (χ1v) is 5.71. The molecule has 0 spiro atoms. The minimum atomic E-state index is -0.430. The first-order valence-electron chi connectivity index (χ1n) is 5.71. The van der Waals surface area contributed by atoms with Crippen molar-refractivity contribution < 1.29 is 9.45 Å². The highest BCUT2D eigenvalue weighted by Gasteiger charge is 2.10. The molecule has 19 heavy (non-hydrogen) atoms. The third-order valence-corrected chi connectivity index (χ3v) is 2.37. The van der Waals surface area contributed by atoms with Crippen LogP contribution in [-0.2, 0) is 6.54 Å². The van der Waals surface area contributed by atoms with Crippen molar-refractivity contribution in [3.05, 3.63) is 40.5 Å². The number of rotatable bonds is 6. The van der Waals surface area contributed by atoms with Crippen LogP contribution in [0.25, 0.3) is 0 Å². The third kappa shape index (κ3) is 3.41. The molecule has 0 saturated heterocycles. The Morgan fingerprint density at radius 3 is 2.63 bits per heavy atom. The largest absolute Gasteiger partial charge is 0.385 e. The van der Waals surface area contributed by atoms with E-state index >= 15 is 0 Å². The van der Waals surface area contributed by atoms with E-state index in [1.807, 2.05) is 6.92 Å². The van der Waals surface area contributed by atoms with Gasteiger partial charge in [0.1, 0.15) is 0 Å². The Bertz CT molecular complexity index is 555. The van der Waals surface area contributed by atoms with Crippen molar-refractivity contribution >= 4 is 17.1 Å². The van der Waals surface area contributed by atoms with Gasteiger partial charge >= 0.3 is 0 Å². The van der Waals surface area contributed by atoms with Gasteiger partial charge in [-0.1, -0.05) is 5.16 Å². The molecule has 0 amide bonds. The average molecular weight is 263 g/mol. The highest BCUT2D eigenvalue weighted by molar-refractivity contribution is 5.63. The minimum Gasteiger partial charge on any atom is -0.385 e. The Balaban J connectivity index is 2.16. The van der Waals surface area contributed by atoms with E-state index in [9.17, 15) is 10.1 Å². The molecular formula is C11H13N5O3. The van der Waals surface area contributed by atoms with Crippen LogP contribution in [0.4, 0.5) is 17.1 Å². The van der Waals surface area contributed by atoms with E-state index in [2.05, 4.69) is 25.3 Å². The summed E-state index contributed by atoms with van der Waals surface area (Å²) in [5, 5.41) is 20.6. The van der Waals surface area contributed by atoms with E-state index in [4.69, 9.17) is 0 Å². The van der Waals surface area contributed by atoms with Gasteiger partial charge in [-0.25, -0.2) is 0 Å². The fourth-order valence-electron chi connectivity index (χ4n) is 1.58. The quantitative estimate of drug-likeness (QED) is 0.606. The number of anilines is 2. The molecule has 0 bridgehead atoms. The van der Waals surface area contributed by atoms with Crippen molar-refractivity contribution in [1.29, 1.82) is 0 Å². The summed E-state index contributed by atoms with van der Waals surface area (Å²) in [6.07, 6.45) is 1.23. The lowest BCUT2D eigenvalue weighted by atomic mass is 10.2. The molecule has 0 aliphatic heterocycles. The van der Waals surface area contributed by atoms with E-state index < -0.39 is 4.92 Å². The molecule has 0 unspecified atom stereocenters. The third-order valence-electron chi connectivity index (χ3n) is 2.37. The van der Waals surface area contributed by atoms with Crippen molar-refractivity contribution in [2.75, 3.05) is 17.2 Å². The summed E-state index contributed by atoms with van der Waals surface area (Å²) in [7, 11) is 0. The fraction of sp³-hybridized carbons (Fsp3) is 0.273. The first-order chi connectivity index (χ1) is 9.19. The van der Waals surface area contributed by atoms with E-state index in [0.717, 1.165) is 0 Å². The first kappa shape index (κ1) is 12.8. The van der Waals surface area contributed by atoms with Crippen LogP contribution in [0.5, 0.6) is 0 Å². The average Bonchev–Trinajstić information content (AvgIpc) is 2.89. The van der Waals surface area contributed by atoms with Crippen molar-refractivity contribution in [2.24, 2.45) is 0 Å². The normalized spacial score (nSPS) is 10.2. The Labute approximate surface area is 109 Å². The van der Waals surface area contributed by atoms with Crippen LogP contribution in [0, 0.1) is 10.1 Å². The Kier molecular flexibility index (Phi) is 3.91. The lowest BCUT2D eigenvalue weighted by molar-refractivity contribution is -0.384. The van der Waals surface area contributed by atoms with Crippen LogP contribution in [-0.4, -0.2) is 21.6 Å². The molecule has 0 saturated carbocycles. The summed E-state index contributed by atoms with van der Waals surface area (Å²) in [4.78, 5) is 14.3. The molecule has 2 N–H and O–H groups in total.